The van der Waals surface area contributed by atoms with Crippen LogP contribution in [-0.2, 0) is 26.2 Å². The zero-order valence-electron chi connectivity index (χ0n) is 27.2. The molecule has 11 nitrogen and oxygen atoms in total. The lowest BCUT2D eigenvalue weighted by molar-refractivity contribution is -0.139. The fourth-order valence-corrected chi connectivity index (χ4v) is 7.02. The summed E-state index contributed by atoms with van der Waals surface area (Å²) in [5, 5.41) is 3.08. The maximum Gasteiger partial charge on any atom is 0.265 e. The Balaban J connectivity index is 1.79. The molecule has 3 aromatic carbocycles. The van der Waals surface area contributed by atoms with Crippen LogP contribution in [0.4, 0.5) is 5.69 Å². The Morgan fingerprint density at radius 2 is 1.54 bits per heavy atom. The average molecular weight is 654 g/mol. The van der Waals surface area contributed by atoms with Gasteiger partial charge >= 0.3 is 0 Å². The molecule has 1 saturated carbocycles. The number of carbonyl (C=O) groups is 2. The van der Waals surface area contributed by atoms with Gasteiger partial charge in [0, 0.05) is 24.7 Å². The summed E-state index contributed by atoms with van der Waals surface area (Å²) in [6.07, 6.45) is 3.85. The summed E-state index contributed by atoms with van der Waals surface area (Å²) in [5.74, 6) is 0.234. The molecular formula is C34H43N3O8S. The van der Waals surface area contributed by atoms with Gasteiger partial charge in [-0.2, -0.15) is 0 Å². The van der Waals surface area contributed by atoms with Gasteiger partial charge in [-0.3, -0.25) is 13.9 Å². The number of sulfonamides is 1. The van der Waals surface area contributed by atoms with E-state index in [0.29, 0.717) is 11.5 Å². The lowest BCUT2D eigenvalue weighted by Crippen LogP contribution is -2.52. The lowest BCUT2D eigenvalue weighted by Gasteiger charge is -2.33. The number of rotatable bonds is 14. The van der Waals surface area contributed by atoms with E-state index in [2.05, 4.69) is 5.32 Å². The van der Waals surface area contributed by atoms with E-state index in [9.17, 15) is 18.0 Å². The van der Waals surface area contributed by atoms with E-state index in [4.69, 9.17) is 18.9 Å². The van der Waals surface area contributed by atoms with Crippen molar-refractivity contribution < 1.29 is 37.0 Å². The van der Waals surface area contributed by atoms with Crippen molar-refractivity contribution in [3.05, 3.63) is 71.8 Å². The van der Waals surface area contributed by atoms with Crippen molar-refractivity contribution in [2.75, 3.05) is 39.3 Å². The third-order valence-corrected chi connectivity index (χ3v) is 9.94. The molecule has 1 aliphatic rings. The van der Waals surface area contributed by atoms with E-state index in [-0.39, 0.29) is 40.6 Å². The van der Waals surface area contributed by atoms with Crippen LogP contribution in [-0.4, -0.2) is 72.2 Å². The average Bonchev–Trinajstić information content (AvgIpc) is 3.57. The third kappa shape index (κ3) is 7.85. The second kappa shape index (κ2) is 15.2. The third-order valence-electron chi connectivity index (χ3n) is 8.18. The number of ether oxygens (including phenoxy) is 4. The van der Waals surface area contributed by atoms with Gasteiger partial charge in [-0.15, -0.1) is 0 Å². The van der Waals surface area contributed by atoms with Crippen molar-refractivity contribution in [2.45, 2.75) is 63.1 Å². The summed E-state index contributed by atoms with van der Waals surface area (Å²) >= 11 is 0. The predicted molar refractivity (Wildman–Crippen MR) is 175 cm³/mol. The molecule has 0 heterocycles. The summed E-state index contributed by atoms with van der Waals surface area (Å²) < 4.78 is 51.5. The van der Waals surface area contributed by atoms with Crippen LogP contribution >= 0.6 is 0 Å². The van der Waals surface area contributed by atoms with Crippen LogP contribution in [0, 0.1) is 6.92 Å². The smallest absolute Gasteiger partial charge is 0.265 e. The number of amides is 2. The monoisotopic (exact) mass is 653 g/mol. The molecule has 0 spiro atoms. The van der Waals surface area contributed by atoms with Crippen LogP contribution in [0.1, 0.15) is 43.7 Å². The van der Waals surface area contributed by atoms with Gasteiger partial charge in [-0.25, -0.2) is 8.42 Å². The maximum atomic E-state index is 14.4. The molecule has 1 N–H and O–H groups in total. The number of aryl methyl sites for hydroxylation is 1. The minimum atomic E-state index is -4.43. The zero-order valence-corrected chi connectivity index (χ0v) is 28.1. The summed E-state index contributed by atoms with van der Waals surface area (Å²) in [4.78, 5) is 29.2. The largest absolute Gasteiger partial charge is 0.497 e. The number of hydrogen-bond donors (Lipinski definition) is 1. The number of carbonyl (C=O) groups excluding carboxylic acids is 2. The van der Waals surface area contributed by atoms with Gasteiger partial charge in [-0.05, 0) is 56.5 Å². The first-order chi connectivity index (χ1) is 22.0. The van der Waals surface area contributed by atoms with Crippen LogP contribution in [0.15, 0.2) is 65.6 Å². The highest BCUT2D eigenvalue weighted by Crippen LogP contribution is 2.38. The number of nitrogens with one attached hydrogen (secondary N) is 1. The highest BCUT2D eigenvalue weighted by molar-refractivity contribution is 7.92. The van der Waals surface area contributed by atoms with Gasteiger partial charge in [0.25, 0.3) is 10.0 Å². The quantitative estimate of drug-likeness (QED) is 0.266. The van der Waals surface area contributed by atoms with Gasteiger partial charge in [0.05, 0.1) is 39.0 Å². The van der Waals surface area contributed by atoms with Crippen molar-refractivity contribution in [1.29, 1.82) is 0 Å². The lowest BCUT2D eigenvalue weighted by atomic mass is 10.1. The summed E-state index contributed by atoms with van der Waals surface area (Å²) in [5.41, 5.74) is 1.89. The van der Waals surface area contributed by atoms with E-state index in [0.717, 1.165) is 41.1 Å². The van der Waals surface area contributed by atoms with E-state index >= 15 is 0 Å². The molecule has 0 radical (unpaired) electrons. The van der Waals surface area contributed by atoms with E-state index < -0.39 is 28.5 Å². The molecule has 46 heavy (non-hydrogen) atoms. The first-order valence-corrected chi connectivity index (χ1v) is 16.6. The van der Waals surface area contributed by atoms with E-state index in [1.165, 1.54) is 57.6 Å². The SMILES string of the molecule is COc1ccc(OC)c(N(CC(=O)N(Cc2cccc(C)c2)[C@H](C)C(=O)NC2CCCC2)S(=O)(=O)c2ccc(OC)c(OC)c2)c1. The fourth-order valence-electron chi connectivity index (χ4n) is 5.59. The minimum Gasteiger partial charge on any atom is -0.497 e. The van der Waals surface area contributed by atoms with Crippen molar-refractivity contribution in [1.82, 2.24) is 10.2 Å². The molecule has 0 bridgehead atoms. The van der Waals surface area contributed by atoms with Crippen molar-refractivity contribution >= 4 is 27.5 Å². The summed E-state index contributed by atoms with van der Waals surface area (Å²) in [6.45, 7) is 3.07. The first kappa shape index (κ1) is 34.4. The predicted octanol–water partition coefficient (Wildman–Crippen LogP) is 4.70. The van der Waals surface area contributed by atoms with Crippen molar-refractivity contribution in [2.24, 2.45) is 0 Å². The molecule has 1 atom stereocenters. The van der Waals surface area contributed by atoms with Gasteiger partial charge in [0.1, 0.15) is 24.1 Å². The zero-order chi connectivity index (χ0) is 33.4. The molecule has 2 amide bonds. The molecule has 248 valence electrons. The summed E-state index contributed by atoms with van der Waals surface area (Å²) in [6, 6.07) is 15.7. The number of anilines is 1. The topological polar surface area (TPSA) is 124 Å². The fraction of sp³-hybridized carbons (Fsp3) is 0.412. The summed E-state index contributed by atoms with van der Waals surface area (Å²) in [7, 11) is 1.29. The van der Waals surface area contributed by atoms with Gasteiger partial charge < -0.3 is 29.2 Å². The Morgan fingerprint density at radius 1 is 0.870 bits per heavy atom. The minimum absolute atomic E-state index is 0.0499. The molecule has 3 aromatic rings. The van der Waals surface area contributed by atoms with Gasteiger partial charge in [0.2, 0.25) is 11.8 Å². The molecule has 0 aromatic heterocycles. The van der Waals surface area contributed by atoms with Crippen LogP contribution in [0.5, 0.6) is 23.0 Å². The molecule has 1 fully saturated rings. The highest BCUT2D eigenvalue weighted by Gasteiger charge is 2.35. The van der Waals surface area contributed by atoms with Gasteiger partial charge in [0.15, 0.2) is 11.5 Å². The highest BCUT2D eigenvalue weighted by atomic mass is 32.2. The van der Waals surface area contributed by atoms with Crippen LogP contribution in [0.2, 0.25) is 0 Å². The van der Waals surface area contributed by atoms with Crippen molar-refractivity contribution in [3.8, 4) is 23.0 Å². The Labute approximate surface area is 271 Å². The van der Waals surface area contributed by atoms with E-state index in [1.54, 1.807) is 19.1 Å². The van der Waals surface area contributed by atoms with E-state index in [1.807, 2.05) is 31.2 Å². The standard InChI is InChI=1S/C34H43N3O8S/c1-23-10-9-11-25(18-23)21-36(24(2)34(39)35-26-12-7-8-13-26)33(38)22-37(29-19-27(42-3)14-16-30(29)43-4)46(40,41)28-15-17-31(44-5)32(20-28)45-6/h9-11,14-20,24,26H,7-8,12-13,21-22H2,1-6H3,(H,35,39)/t24-/m1/s1. The number of hydrogen-bond acceptors (Lipinski definition) is 8. The van der Waals surface area contributed by atoms with Crippen LogP contribution in [0.25, 0.3) is 0 Å². The van der Waals surface area contributed by atoms with Crippen LogP contribution < -0.4 is 28.6 Å². The van der Waals surface area contributed by atoms with Crippen molar-refractivity contribution in [3.63, 3.8) is 0 Å². The second-order valence-corrected chi connectivity index (χ2v) is 13.1. The molecule has 0 aliphatic heterocycles. The molecule has 1 aliphatic carbocycles. The molecule has 0 unspecified atom stereocenters. The molecule has 0 saturated heterocycles. The second-order valence-electron chi connectivity index (χ2n) is 11.2. The Morgan fingerprint density at radius 3 is 2.17 bits per heavy atom. The molecule has 4 rings (SSSR count). The Hall–Kier alpha value is -4.45. The number of nitrogens with zero attached hydrogens (tertiary/aromatic N) is 2. The number of methoxy groups -OCH3 is 4. The van der Waals surface area contributed by atoms with Gasteiger partial charge in [-0.1, -0.05) is 42.7 Å². The molecular weight excluding hydrogens is 610 g/mol. The molecule has 12 heteroatoms. The van der Waals surface area contributed by atoms with Crippen LogP contribution in [0.3, 0.4) is 0 Å². The normalized spacial score (nSPS) is 13.9. The Bertz CT molecular complexity index is 1640. The first-order valence-electron chi connectivity index (χ1n) is 15.1. The number of benzene rings is 3. The maximum absolute atomic E-state index is 14.4. The Kier molecular flexibility index (Phi) is 11.4.